The summed E-state index contributed by atoms with van der Waals surface area (Å²) in [5, 5.41) is 5.52. The zero-order chi connectivity index (χ0) is 18.1. The third-order valence-corrected chi connectivity index (χ3v) is 4.99. The maximum absolute atomic E-state index is 5.41. The predicted molar refractivity (Wildman–Crippen MR) is 106 cm³/mol. The second-order valence-corrected chi connectivity index (χ2v) is 6.80. The van der Waals surface area contributed by atoms with E-state index in [-0.39, 0.29) is 0 Å². The zero-order valence-corrected chi connectivity index (χ0v) is 15.6. The second-order valence-electron chi connectivity index (χ2n) is 5.93. The first kappa shape index (κ1) is 16.5. The molecule has 4 rings (SSSR count). The third kappa shape index (κ3) is 2.88. The van der Waals surface area contributed by atoms with Gasteiger partial charge in [-0.3, -0.25) is 4.40 Å². The Kier molecular flexibility index (Phi) is 4.26. The molecule has 0 amide bonds. The number of ether oxygens (including phenoxy) is 2. The molecule has 0 radical (unpaired) electrons. The number of rotatable bonds is 5. The van der Waals surface area contributed by atoms with Gasteiger partial charge in [-0.2, -0.15) is 0 Å². The average Bonchev–Trinajstić information content (AvgIpc) is 3.25. The Morgan fingerprint density at radius 3 is 2.50 bits per heavy atom. The van der Waals surface area contributed by atoms with Crippen LogP contribution in [0.2, 0.25) is 0 Å². The highest BCUT2D eigenvalue weighted by Crippen LogP contribution is 2.35. The van der Waals surface area contributed by atoms with Gasteiger partial charge in [0.1, 0.15) is 11.5 Å². The van der Waals surface area contributed by atoms with Gasteiger partial charge >= 0.3 is 0 Å². The van der Waals surface area contributed by atoms with E-state index in [0.717, 1.165) is 27.7 Å². The van der Waals surface area contributed by atoms with Crippen LogP contribution in [0.4, 0.5) is 11.5 Å². The van der Waals surface area contributed by atoms with Crippen molar-refractivity contribution in [1.82, 2.24) is 9.38 Å². The number of benzene rings is 2. The van der Waals surface area contributed by atoms with Crippen molar-refractivity contribution in [3.8, 4) is 22.8 Å². The predicted octanol–water partition coefficient (Wildman–Crippen LogP) is 5.13. The van der Waals surface area contributed by atoms with Gasteiger partial charge in [-0.05, 0) is 19.1 Å². The Balaban J connectivity index is 1.79. The minimum atomic E-state index is 0.681. The van der Waals surface area contributed by atoms with E-state index in [2.05, 4.69) is 40.9 Å². The molecule has 0 saturated heterocycles. The van der Waals surface area contributed by atoms with Crippen molar-refractivity contribution in [3.05, 3.63) is 59.6 Å². The summed E-state index contributed by atoms with van der Waals surface area (Å²) in [7, 11) is 3.27. The molecule has 0 bridgehead atoms. The third-order valence-electron chi connectivity index (χ3n) is 4.23. The van der Waals surface area contributed by atoms with Gasteiger partial charge in [0, 0.05) is 28.9 Å². The molecule has 0 spiro atoms. The quantitative estimate of drug-likeness (QED) is 0.532. The lowest BCUT2D eigenvalue weighted by atomic mass is 10.1. The number of methoxy groups -OCH3 is 2. The molecule has 1 N–H and O–H groups in total. The van der Waals surface area contributed by atoms with Crippen LogP contribution >= 0.6 is 11.3 Å². The lowest BCUT2D eigenvalue weighted by Crippen LogP contribution is -1.97. The molecule has 2 heterocycles. The molecule has 0 saturated carbocycles. The molecule has 2 aromatic heterocycles. The SMILES string of the molecule is COc1ccc(Nc2c(-c3ccc(C)cc3)nc3sccn23)cc1OC. The smallest absolute Gasteiger partial charge is 0.195 e. The molecule has 132 valence electrons. The molecule has 0 aliphatic heterocycles. The molecule has 6 heteroatoms. The minimum absolute atomic E-state index is 0.681. The Labute approximate surface area is 155 Å². The molecule has 0 aliphatic carbocycles. The highest BCUT2D eigenvalue weighted by molar-refractivity contribution is 7.15. The van der Waals surface area contributed by atoms with E-state index in [9.17, 15) is 0 Å². The van der Waals surface area contributed by atoms with Crippen LogP contribution in [0.3, 0.4) is 0 Å². The molecule has 0 atom stereocenters. The van der Waals surface area contributed by atoms with Gasteiger partial charge < -0.3 is 14.8 Å². The molecule has 26 heavy (non-hydrogen) atoms. The fourth-order valence-electron chi connectivity index (χ4n) is 2.87. The van der Waals surface area contributed by atoms with E-state index in [4.69, 9.17) is 14.5 Å². The first-order valence-electron chi connectivity index (χ1n) is 8.21. The first-order chi connectivity index (χ1) is 12.7. The topological polar surface area (TPSA) is 47.8 Å². The van der Waals surface area contributed by atoms with Crippen molar-refractivity contribution in [2.45, 2.75) is 6.92 Å². The van der Waals surface area contributed by atoms with Gasteiger partial charge in [0.25, 0.3) is 0 Å². The number of hydrogen-bond acceptors (Lipinski definition) is 5. The van der Waals surface area contributed by atoms with Crippen LogP contribution in [0.15, 0.2) is 54.0 Å². The van der Waals surface area contributed by atoms with Crippen molar-refractivity contribution in [3.63, 3.8) is 0 Å². The highest BCUT2D eigenvalue weighted by Gasteiger charge is 2.16. The van der Waals surface area contributed by atoms with Gasteiger partial charge in [0.15, 0.2) is 16.5 Å². The molecule has 4 aromatic rings. The zero-order valence-electron chi connectivity index (χ0n) is 14.8. The fourth-order valence-corrected chi connectivity index (χ4v) is 3.58. The number of aryl methyl sites for hydroxylation is 1. The molecule has 0 unspecified atom stereocenters. The van der Waals surface area contributed by atoms with Gasteiger partial charge in [0.2, 0.25) is 0 Å². The van der Waals surface area contributed by atoms with Crippen LogP contribution in [0.1, 0.15) is 5.56 Å². The van der Waals surface area contributed by atoms with Gasteiger partial charge in [-0.15, -0.1) is 11.3 Å². The summed E-state index contributed by atoms with van der Waals surface area (Å²) >= 11 is 1.61. The van der Waals surface area contributed by atoms with E-state index < -0.39 is 0 Å². The van der Waals surface area contributed by atoms with E-state index in [1.807, 2.05) is 29.8 Å². The summed E-state index contributed by atoms with van der Waals surface area (Å²) in [5.41, 5.74) is 4.13. The van der Waals surface area contributed by atoms with Crippen LogP contribution in [-0.4, -0.2) is 23.6 Å². The number of fused-ring (bicyclic) bond motifs is 1. The van der Waals surface area contributed by atoms with Crippen molar-refractivity contribution in [1.29, 1.82) is 0 Å². The maximum Gasteiger partial charge on any atom is 0.195 e. The van der Waals surface area contributed by atoms with Crippen LogP contribution in [0.25, 0.3) is 16.2 Å². The van der Waals surface area contributed by atoms with E-state index >= 15 is 0 Å². The monoisotopic (exact) mass is 365 g/mol. The van der Waals surface area contributed by atoms with E-state index in [1.54, 1.807) is 25.6 Å². The lowest BCUT2D eigenvalue weighted by Gasteiger charge is -2.12. The molecule has 0 fully saturated rings. The molecule has 5 nitrogen and oxygen atoms in total. The van der Waals surface area contributed by atoms with Crippen LogP contribution in [-0.2, 0) is 0 Å². The summed E-state index contributed by atoms with van der Waals surface area (Å²) in [5.74, 6) is 2.31. The van der Waals surface area contributed by atoms with Gasteiger partial charge in [-0.1, -0.05) is 29.8 Å². The van der Waals surface area contributed by atoms with Crippen molar-refractivity contribution in [2.24, 2.45) is 0 Å². The average molecular weight is 365 g/mol. The highest BCUT2D eigenvalue weighted by atomic mass is 32.1. The van der Waals surface area contributed by atoms with Crippen molar-refractivity contribution in [2.75, 3.05) is 19.5 Å². The number of imidazole rings is 1. The molecule has 0 aliphatic rings. The van der Waals surface area contributed by atoms with Crippen molar-refractivity contribution >= 4 is 27.8 Å². The summed E-state index contributed by atoms with van der Waals surface area (Å²) in [6.07, 6.45) is 2.02. The largest absolute Gasteiger partial charge is 0.493 e. The Hall–Kier alpha value is -2.99. The Bertz CT molecular complexity index is 1050. The fraction of sp³-hybridized carbons (Fsp3) is 0.150. The number of nitrogens with one attached hydrogen (secondary N) is 1. The van der Waals surface area contributed by atoms with E-state index in [1.165, 1.54) is 5.56 Å². The minimum Gasteiger partial charge on any atom is -0.493 e. The Morgan fingerprint density at radius 2 is 1.77 bits per heavy atom. The maximum atomic E-state index is 5.41. The lowest BCUT2D eigenvalue weighted by molar-refractivity contribution is 0.355. The number of nitrogens with zero attached hydrogens (tertiary/aromatic N) is 2. The standard InChI is InChI=1S/C20H19N3O2S/c1-13-4-6-14(7-5-13)18-19(23-10-11-26-20(23)22-18)21-15-8-9-16(24-2)17(12-15)25-3/h4-12,21H,1-3H3. The summed E-state index contributed by atoms with van der Waals surface area (Å²) in [4.78, 5) is 5.76. The number of anilines is 2. The number of aromatic nitrogens is 2. The van der Waals surface area contributed by atoms with Crippen LogP contribution in [0.5, 0.6) is 11.5 Å². The molecular formula is C20H19N3O2S. The Morgan fingerprint density at radius 1 is 1.00 bits per heavy atom. The number of hydrogen-bond donors (Lipinski definition) is 1. The normalized spacial score (nSPS) is 10.9. The van der Waals surface area contributed by atoms with Crippen molar-refractivity contribution < 1.29 is 9.47 Å². The summed E-state index contributed by atoms with van der Waals surface area (Å²) < 4.78 is 12.8. The molecule has 2 aromatic carbocycles. The van der Waals surface area contributed by atoms with Crippen LogP contribution < -0.4 is 14.8 Å². The second kappa shape index (κ2) is 6.72. The molecular weight excluding hydrogens is 346 g/mol. The van der Waals surface area contributed by atoms with Gasteiger partial charge in [0.05, 0.1) is 14.2 Å². The summed E-state index contributed by atoms with van der Waals surface area (Å²) in [6, 6.07) is 14.2. The summed E-state index contributed by atoms with van der Waals surface area (Å²) in [6.45, 7) is 2.08. The van der Waals surface area contributed by atoms with Crippen LogP contribution in [0, 0.1) is 6.92 Å². The van der Waals surface area contributed by atoms with Gasteiger partial charge in [-0.25, -0.2) is 4.98 Å². The van der Waals surface area contributed by atoms with E-state index in [0.29, 0.717) is 11.5 Å². The first-order valence-corrected chi connectivity index (χ1v) is 9.09. The number of thiazole rings is 1.